The summed E-state index contributed by atoms with van der Waals surface area (Å²) in [7, 11) is 0. The molecular weight excluding hydrogens is 258 g/mol. The summed E-state index contributed by atoms with van der Waals surface area (Å²) >= 11 is 0. The Kier molecular flexibility index (Phi) is 2.99. The standard InChI is InChI=1S/C7H2F6N2O2/c8-6(9,10)3-2(4(16)17)1-14-5(15-3)7(11,12)13/h1H,(H,16,17). The van der Waals surface area contributed by atoms with Gasteiger partial charge in [0.1, 0.15) is 5.56 Å². The van der Waals surface area contributed by atoms with E-state index in [9.17, 15) is 31.1 Å². The maximum Gasteiger partial charge on any atom is 0.451 e. The first-order chi connectivity index (χ1) is 7.53. The van der Waals surface area contributed by atoms with E-state index in [-0.39, 0.29) is 6.20 Å². The summed E-state index contributed by atoms with van der Waals surface area (Å²) in [4.78, 5) is 15.1. The molecule has 0 aliphatic carbocycles. The molecule has 0 atom stereocenters. The van der Waals surface area contributed by atoms with Crippen LogP contribution in [0.15, 0.2) is 6.20 Å². The molecule has 10 heteroatoms. The Balaban J connectivity index is 3.46. The summed E-state index contributed by atoms with van der Waals surface area (Å²) in [5.41, 5.74) is -3.57. The van der Waals surface area contributed by atoms with E-state index in [0.29, 0.717) is 0 Å². The van der Waals surface area contributed by atoms with E-state index in [0.717, 1.165) is 0 Å². The molecule has 0 fully saturated rings. The third-order valence-electron chi connectivity index (χ3n) is 1.54. The van der Waals surface area contributed by atoms with Crippen LogP contribution in [-0.2, 0) is 12.4 Å². The molecule has 0 aromatic carbocycles. The molecule has 0 saturated heterocycles. The summed E-state index contributed by atoms with van der Waals surface area (Å²) in [5, 5.41) is 8.36. The summed E-state index contributed by atoms with van der Waals surface area (Å²) in [6.45, 7) is 0. The van der Waals surface area contributed by atoms with Crippen molar-refractivity contribution in [1.29, 1.82) is 0 Å². The molecule has 1 aromatic heterocycles. The van der Waals surface area contributed by atoms with Crippen molar-refractivity contribution in [2.24, 2.45) is 0 Å². The van der Waals surface area contributed by atoms with Gasteiger partial charge in [0.25, 0.3) is 0 Å². The average molecular weight is 260 g/mol. The minimum Gasteiger partial charge on any atom is -0.478 e. The van der Waals surface area contributed by atoms with Crippen LogP contribution in [0.4, 0.5) is 26.3 Å². The second kappa shape index (κ2) is 3.86. The van der Waals surface area contributed by atoms with E-state index in [1.807, 2.05) is 0 Å². The summed E-state index contributed by atoms with van der Waals surface area (Å²) in [5.74, 6) is -4.11. The molecule has 0 radical (unpaired) electrons. The van der Waals surface area contributed by atoms with Gasteiger partial charge in [-0.1, -0.05) is 0 Å². The smallest absolute Gasteiger partial charge is 0.451 e. The minimum atomic E-state index is -5.31. The average Bonchev–Trinajstić information content (AvgIpc) is 2.14. The zero-order valence-corrected chi connectivity index (χ0v) is 7.60. The van der Waals surface area contributed by atoms with Crippen molar-refractivity contribution in [2.45, 2.75) is 12.4 Å². The van der Waals surface area contributed by atoms with E-state index in [1.54, 1.807) is 0 Å². The molecular formula is C7H2F6N2O2. The van der Waals surface area contributed by atoms with Gasteiger partial charge in [0.15, 0.2) is 5.69 Å². The van der Waals surface area contributed by atoms with Crippen molar-refractivity contribution in [3.05, 3.63) is 23.3 Å². The Morgan fingerprint density at radius 1 is 1.12 bits per heavy atom. The Bertz CT molecular complexity index is 453. The molecule has 94 valence electrons. The van der Waals surface area contributed by atoms with Crippen LogP contribution in [0.3, 0.4) is 0 Å². The van der Waals surface area contributed by atoms with Gasteiger partial charge in [-0.3, -0.25) is 0 Å². The fraction of sp³-hybridized carbons (Fsp3) is 0.286. The number of halogens is 6. The highest BCUT2D eigenvalue weighted by atomic mass is 19.4. The second-order valence-electron chi connectivity index (χ2n) is 2.76. The van der Waals surface area contributed by atoms with Crippen molar-refractivity contribution in [1.82, 2.24) is 9.97 Å². The maximum absolute atomic E-state index is 12.3. The second-order valence-corrected chi connectivity index (χ2v) is 2.76. The Hall–Kier alpha value is -1.87. The molecule has 17 heavy (non-hydrogen) atoms. The lowest BCUT2D eigenvalue weighted by atomic mass is 10.2. The van der Waals surface area contributed by atoms with Gasteiger partial charge in [-0.2, -0.15) is 26.3 Å². The summed E-state index contributed by atoms with van der Waals surface area (Å²) in [6.07, 6.45) is -10.5. The lowest BCUT2D eigenvalue weighted by Crippen LogP contribution is -2.21. The highest BCUT2D eigenvalue weighted by Gasteiger charge is 2.42. The van der Waals surface area contributed by atoms with E-state index in [2.05, 4.69) is 9.97 Å². The van der Waals surface area contributed by atoms with Gasteiger partial charge in [-0.15, -0.1) is 0 Å². The van der Waals surface area contributed by atoms with E-state index in [4.69, 9.17) is 5.11 Å². The number of aromatic nitrogens is 2. The van der Waals surface area contributed by atoms with Crippen LogP contribution in [0.1, 0.15) is 21.9 Å². The lowest BCUT2D eigenvalue weighted by molar-refractivity contribution is -0.153. The molecule has 0 spiro atoms. The van der Waals surface area contributed by atoms with Gasteiger partial charge < -0.3 is 5.11 Å². The molecule has 1 N–H and O–H groups in total. The van der Waals surface area contributed by atoms with Crippen molar-refractivity contribution in [3.8, 4) is 0 Å². The predicted octanol–water partition coefficient (Wildman–Crippen LogP) is 2.21. The minimum absolute atomic E-state index is 0.0268. The summed E-state index contributed by atoms with van der Waals surface area (Å²) < 4.78 is 72.9. The maximum atomic E-state index is 12.3. The number of carbonyl (C=O) groups is 1. The van der Waals surface area contributed by atoms with Crippen LogP contribution in [-0.4, -0.2) is 21.0 Å². The zero-order valence-electron chi connectivity index (χ0n) is 7.60. The Labute approximate surface area is 88.9 Å². The first-order valence-corrected chi connectivity index (χ1v) is 3.78. The molecule has 0 bridgehead atoms. The first kappa shape index (κ1) is 13.2. The Morgan fingerprint density at radius 3 is 2.00 bits per heavy atom. The lowest BCUT2D eigenvalue weighted by Gasteiger charge is -2.11. The molecule has 1 rings (SSSR count). The van der Waals surface area contributed by atoms with Crippen molar-refractivity contribution < 1.29 is 36.2 Å². The largest absolute Gasteiger partial charge is 0.478 e. The topological polar surface area (TPSA) is 63.1 Å². The quantitative estimate of drug-likeness (QED) is 0.786. The van der Waals surface area contributed by atoms with Crippen LogP contribution < -0.4 is 0 Å². The van der Waals surface area contributed by atoms with Crippen molar-refractivity contribution >= 4 is 5.97 Å². The van der Waals surface area contributed by atoms with Gasteiger partial charge in [-0.05, 0) is 0 Å². The number of aromatic carboxylic acids is 1. The van der Waals surface area contributed by atoms with Gasteiger partial charge in [-0.25, -0.2) is 14.8 Å². The third-order valence-corrected chi connectivity index (χ3v) is 1.54. The van der Waals surface area contributed by atoms with Gasteiger partial charge in [0.2, 0.25) is 5.82 Å². The molecule has 0 unspecified atom stereocenters. The molecule has 1 heterocycles. The molecule has 0 amide bonds. The van der Waals surface area contributed by atoms with Crippen molar-refractivity contribution in [3.63, 3.8) is 0 Å². The van der Waals surface area contributed by atoms with E-state index < -0.39 is 35.4 Å². The fourth-order valence-electron chi connectivity index (χ4n) is 0.891. The first-order valence-electron chi connectivity index (χ1n) is 3.78. The van der Waals surface area contributed by atoms with Crippen molar-refractivity contribution in [2.75, 3.05) is 0 Å². The van der Waals surface area contributed by atoms with Gasteiger partial charge >= 0.3 is 18.3 Å². The predicted molar refractivity (Wildman–Crippen MR) is 39.0 cm³/mol. The zero-order chi connectivity index (χ0) is 13.4. The summed E-state index contributed by atoms with van der Waals surface area (Å²) in [6, 6.07) is 0. The van der Waals surface area contributed by atoms with Crippen LogP contribution >= 0.6 is 0 Å². The highest BCUT2D eigenvalue weighted by Crippen LogP contribution is 2.33. The number of hydrogen-bond donors (Lipinski definition) is 1. The SMILES string of the molecule is O=C(O)c1cnc(C(F)(F)F)nc1C(F)(F)F. The van der Waals surface area contributed by atoms with Gasteiger partial charge in [0, 0.05) is 6.20 Å². The number of alkyl halides is 6. The Morgan fingerprint density at radius 2 is 1.65 bits per heavy atom. The number of nitrogens with zero attached hydrogens (tertiary/aromatic N) is 2. The number of carboxylic acid groups (broad SMARTS) is 1. The molecule has 0 saturated carbocycles. The molecule has 1 aromatic rings. The van der Waals surface area contributed by atoms with Crippen LogP contribution in [0.2, 0.25) is 0 Å². The molecule has 4 nitrogen and oxygen atoms in total. The monoisotopic (exact) mass is 260 g/mol. The number of rotatable bonds is 1. The fourth-order valence-corrected chi connectivity index (χ4v) is 0.891. The van der Waals surface area contributed by atoms with Gasteiger partial charge in [0.05, 0.1) is 0 Å². The van der Waals surface area contributed by atoms with E-state index >= 15 is 0 Å². The molecule has 0 aliphatic heterocycles. The highest BCUT2D eigenvalue weighted by molar-refractivity contribution is 5.88. The number of carboxylic acids is 1. The normalized spacial score (nSPS) is 12.6. The number of hydrogen-bond acceptors (Lipinski definition) is 3. The van der Waals surface area contributed by atoms with Crippen LogP contribution in [0.5, 0.6) is 0 Å². The van der Waals surface area contributed by atoms with Crippen LogP contribution in [0, 0.1) is 0 Å². The molecule has 0 aliphatic rings. The van der Waals surface area contributed by atoms with E-state index in [1.165, 1.54) is 0 Å². The van der Waals surface area contributed by atoms with Crippen LogP contribution in [0.25, 0.3) is 0 Å². The third kappa shape index (κ3) is 2.82.